The van der Waals surface area contributed by atoms with E-state index >= 15 is 0 Å². The Labute approximate surface area is 145 Å². The summed E-state index contributed by atoms with van der Waals surface area (Å²) in [5.74, 6) is 0.638. The maximum Gasteiger partial charge on any atom is 0.265 e. The lowest BCUT2D eigenvalue weighted by Gasteiger charge is -2.16. The van der Waals surface area contributed by atoms with Crippen LogP contribution in [0, 0.1) is 12.8 Å². The monoisotopic (exact) mass is 337 g/mol. The molecule has 0 spiro atoms. The van der Waals surface area contributed by atoms with Gasteiger partial charge in [-0.25, -0.2) is 4.98 Å². The van der Waals surface area contributed by atoms with Crippen LogP contribution in [0.1, 0.15) is 27.3 Å². The third kappa shape index (κ3) is 2.91. The zero-order valence-electron chi connectivity index (χ0n) is 13.6. The standard InChI is InChI=1S/C19H19N3OS/c1-13-18(24-12-21-13)19(23)22-7-6-14(11-22)8-15-9-16-4-2-3-5-17(16)20-10-15/h2-5,9-10,12,14H,6-8,11H2,1H3/t14-/m0/s1. The van der Waals surface area contributed by atoms with Crippen LogP contribution in [-0.4, -0.2) is 33.9 Å². The summed E-state index contributed by atoms with van der Waals surface area (Å²) in [4.78, 5) is 24.1. The predicted octanol–water partition coefficient (Wildman–Crippen LogP) is 3.70. The van der Waals surface area contributed by atoms with Gasteiger partial charge in [-0.05, 0) is 43.4 Å². The SMILES string of the molecule is Cc1ncsc1C(=O)N1CC[C@@H](Cc2cnc3ccccc3c2)C1. The summed E-state index contributed by atoms with van der Waals surface area (Å²) < 4.78 is 0. The van der Waals surface area contributed by atoms with E-state index in [9.17, 15) is 4.79 Å². The highest BCUT2D eigenvalue weighted by Crippen LogP contribution is 2.25. The van der Waals surface area contributed by atoms with Crippen molar-refractivity contribution in [3.05, 3.63) is 58.2 Å². The molecule has 2 aromatic heterocycles. The zero-order valence-corrected chi connectivity index (χ0v) is 14.4. The van der Waals surface area contributed by atoms with Gasteiger partial charge in [-0.2, -0.15) is 0 Å². The van der Waals surface area contributed by atoms with E-state index in [1.165, 1.54) is 22.3 Å². The van der Waals surface area contributed by atoms with Crippen LogP contribution in [0.25, 0.3) is 10.9 Å². The highest BCUT2D eigenvalue weighted by Gasteiger charge is 2.28. The third-order valence-electron chi connectivity index (χ3n) is 4.68. The summed E-state index contributed by atoms with van der Waals surface area (Å²) in [7, 11) is 0. The normalized spacial score (nSPS) is 17.5. The Bertz CT molecular complexity index is 889. The smallest absolute Gasteiger partial charge is 0.265 e. The molecule has 0 bridgehead atoms. The van der Waals surface area contributed by atoms with E-state index in [-0.39, 0.29) is 5.91 Å². The fourth-order valence-corrected chi connectivity index (χ4v) is 4.17. The average molecular weight is 337 g/mol. The molecule has 1 fully saturated rings. The molecule has 4 nitrogen and oxygen atoms in total. The first kappa shape index (κ1) is 15.3. The van der Waals surface area contributed by atoms with Crippen LogP contribution in [0.4, 0.5) is 0 Å². The average Bonchev–Trinajstić information content (AvgIpc) is 3.23. The van der Waals surface area contributed by atoms with Crippen molar-refractivity contribution in [2.75, 3.05) is 13.1 Å². The first-order valence-electron chi connectivity index (χ1n) is 8.24. The van der Waals surface area contributed by atoms with Gasteiger partial charge in [-0.1, -0.05) is 18.2 Å². The molecule has 0 N–H and O–H groups in total. The van der Waals surface area contributed by atoms with Crippen molar-refractivity contribution in [2.24, 2.45) is 5.92 Å². The fraction of sp³-hybridized carbons (Fsp3) is 0.316. The van der Waals surface area contributed by atoms with Gasteiger partial charge in [-0.3, -0.25) is 9.78 Å². The molecule has 1 atom stereocenters. The van der Waals surface area contributed by atoms with Crippen molar-refractivity contribution < 1.29 is 4.79 Å². The van der Waals surface area contributed by atoms with Crippen molar-refractivity contribution in [2.45, 2.75) is 19.8 Å². The molecule has 1 amide bonds. The molecule has 3 heterocycles. The van der Waals surface area contributed by atoms with Crippen LogP contribution in [0.5, 0.6) is 0 Å². The number of pyridine rings is 1. The highest BCUT2D eigenvalue weighted by atomic mass is 32.1. The molecule has 0 aliphatic carbocycles. The van der Waals surface area contributed by atoms with Crippen molar-refractivity contribution >= 4 is 28.1 Å². The Morgan fingerprint density at radius 1 is 1.33 bits per heavy atom. The molecule has 1 aromatic carbocycles. The molecule has 0 radical (unpaired) electrons. The quantitative estimate of drug-likeness (QED) is 0.732. The number of carbonyl (C=O) groups excluding carboxylic acids is 1. The minimum atomic E-state index is 0.133. The number of benzene rings is 1. The number of hydrogen-bond donors (Lipinski definition) is 0. The van der Waals surface area contributed by atoms with Gasteiger partial charge < -0.3 is 4.90 Å². The molecule has 1 aliphatic heterocycles. The second kappa shape index (κ2) is 6.32. The van der Waals surface area contributed by atoms with Gasteiger partial charge in [-0.15, -0.1) is 11.3 Å². The number of likely N-dealkylation sites (tertiary alicyclic amines) is 1. The van der Waals surface area contributed by atoms with Crippen molar-refractivity contribution in [1.82, 2.24) is 14.9 Å². The maximum absolute atomic E-state index is 12.6. The van der Waals surface area contributed by atoms with E-state index in [1.807, 2.05) is 36.2 Å². The lowest BCUT2D eigenvalue weighted by Crippen LogP contribution is -2.28. The molecule has 5 heteroatoms. The van der Waals surface area contributed by atoms with Crippen LogP contribution < -0.4 is 0 Å². The van der Waals surface area contributed by atoms with Gasteiger partial charge in [0, 0.05) is 24.7 Å². The Kier molecular flexibility index (Phi) is 4.02. The molecule has 0 saturated carbocycles. The molecule has 1 saturated heterocycles. The molecular weight excluding hydrogens is 318 g/mol. The largest absolute Gasteiger partial charge is 0.338 e. The number of para-hydroxylation sites is 1. The molecule has 24 heavy (non-hydrogen) atoms. The topological polar surface area (TPSA) is 46.1 Å². The van der Waals surface area contributed by atoms with Crippen LogP contribution in [0.3, 0.4) is 0 Å². The lowest BCUT2D eigenvalue weighted by atomic mass is 9.99. The Morgan fingerprint density at radius 2 is 2.21 bits per heavy atom. The number of fused-ring (bicyclic) bond motifs is 1. The first-order valence-corrected chi connectivity index (χ1v) is 9.11. The van der Waals surface area contributed by atoms with E-state index in [1.54, 1.807) is 5.51 Å². The summed E-state index contributed by atoms with van der Waals surface area (Å²) in [6.07, 6.45) is 4.00. The number of thiazole rings is 1. The Morgan fingerprint density at radius 3 is 3.04 bits per heavy atom. The second-order valence-corrected chi connectivity index (χ2v) is 7.27. The van der Waals surface area contributed by atoms with E-state index in [2.05, 4.69) is 22.1 Å². The highest BCUT2D eigenvalue weighted by molar-refractivity contribution is 7.11. The number of aromatic nitrogens is 2. The number of aryl methyl sites for hydroxylation is 1. The summed E-state index contributed by atoms with van der Waals surface area (Å²) in [5, 5.41) is 1.18. The Hall–Kier alpha value is -2.27. The van der Waals surface area contributed by atoms with E-state index in [0.29, 0.717) is 5.92 Å². The number of hydrogen-bond acceptors (Lipinski definition) is 4. The molecule has 122 valence electrons. The lowest BCUT2D eigenvalue weighted by molar-refractivity contribution is 0.0791. The van der Waals surface area contributed by atoms with Gasteiger partial charge in [0.05, 0.1) is 16.7 Å². The summed E-state index contributed by atoms with van der Waals surface area (Å²) >= 11 is 1.44. The maximum atomic E-state index is 12.6. The molecule has 0 unspecified atom stereocenters. The zero-order chi connectivity index (χ0) is 16.5. The summed E-state index contributed by atoms with van der Waals surface area (Å²) in [6, 6.07) is 10.4. The van der Waals surface area contributed by atoms with Crippen molar-refractivity contribution in [1.29, 1.82) is 0 Å². The first-order chi connectivity index (χ1) is 11.7. The second-order valence-electron chi connectivity index (χ2n) is 6.41. The van der Waals surface area contributed by atoms with E-state index in [4.69, 9.17) is 0 Å². The minimum Gasteiger partial charge on any atom is -0.338 e. The van der Waals surface area contributed by atoms with Crippen LogP contribution in [0.2, 0.25) is 0 Å². The minimum absolute atomic E-state index is 0.133. The van der Waals surface area contributed by atoms with Crippen molar-refractivity contribution in [3.63, 3.8) is 0 Å². The number of rotatable bonds is 3. The molecular formula is C19H19N3OS. The van der Waals surface area contributed by atoms with Crippen LogP contribution >= 0.6 is 11.3 Å². The Balaban J connectivity index is 1.45. The summed E-state index contributed by atoms with van der Waals surface area (Å²) in [5.41, 5.74) is 4.87. The molecule has 3 aromatic rings. The van der Waals surface area contributed by atoms with Gasteiger partial charge in [0.2, 0.25) is 0 Å². The van der Waals surface area contributed by atoms with E-state index in [0.717, 1.165) is 42.0 Å². The van der Waals surface area contributed by atoms with Gasteiger partial charge in [0.25, 0.3) is 5.91 Å². The van der Waals surface area contributed by atoms with Gasteiger partial charge >= 0.3 is 0 Å². The summed E-state index contributed by atoms with van der Waals surface area (Å²) in [6.45, 7) is 3.56. The molecule has 1 aliphatic rings. The van der Waals surface area contributed by atoms with Gasteiger partial charge in [0.15, 0.2) is 0 Å². The third-order valence-corrected chi connectivity index (χ3v) is 5.60. The molecule has 4 rings (SSSR count). The number of amides is 1. The number of carbonyl (C=O) groups is 1. The van der Waals surface area contributed by atoms with Crippen molar-refractivity contribution in [3.8, 4) is 0 Å². The fourth-order valence-electron chi connectivity index (χ4n) is 3.40. The van der Waals surface area contributed by atoms with Crippen LogP contribution in [-0.2, 0) is 6.42 Å². The van der Waals surface area contributed by atoms with E-state index < -0.39 is 0 Å². The number of nitrogens with zero attached hydrogens (tertiary/aromatic N) is 3. The van der Waals surface area contributed by atoms with Gasteiger partial charge in [0.1, 0.15) is 4.88 Å². The van der Waals surface area contributed by atoms with Crippen LogP contribution in [0.15, 0.2) is 42.0 Å². The predicted molar refractivity (Wildman–Crippen MR) is 96.3 cm³/mol.